The molecule has 3 amide bonds. The van der Waals surface area contributed by atoms with Gasteiger partial charge in [0.15, 0.2) is 6.29 Å². The van der Waals surface area contributed by atoms with E-state index in [4.69, 9.17) is 4.74 Å². The summed E-state index contributed by atoms with van der Waals surface area (Å²) in [7, 11) is 1.51. The molecule has 4 heterocycles. The molecule has 0 aromatic carbocycles. The van der Waals surface area contributed by atoms with Gasteiger partial charge in [-0.25, -0.2) is 14.8 Å². The molecule has 11 nitrogen and oxygen atoms in total. The summed E-state index contributed by atoms with van der Waals surface area (Å²) in [5.41, 5.74) is 2.66. The summed E-state index contributed by atoms with van der Waals surface area (Å²) in [6.07, 6.45) is 5.66. The van der Waals surface area contributed by atoms with Crippen LogP contribution in [0, 0.1) is 11.3 Å². The molecule has 200 valence electrons. The number of rotatable bonds is 9. The topological polar surface area (TPSA) is 141 Å². The zero-order chi connectivity index (χ0) is 27.2. The van der Waals surface area contributed by atoms with Crippen molar-refractivity contribution in [3.63, 3.8) is 0 Å². The van der Waals surface area contributed by atoms with E-state index >= 15 is 0 Å². The van der Waals surface area contributed by atoms with Crippen LogP contribution >= 0.6 is 11.8 Å². The van der Waals surface area contributed by atoms with Crippen molar-refractivity contribution in [1.82, 2.24) is 14.9 Å². The number of urea groups is 1. The number of nitrogens with one attached hydrogen (secondary N) is 2. The van der Waals surface area contributed by atoms with Gasteiger partial charge in [-0.15, -0.1) is 0 Å². The smallest absolute Gasteiger partial charge is 0.328 e. The van der Waals surface area contributed by atoms with Crippen molar-refractivity contribution in [3.8, 4) is 6.07 Å². The molecule has 1 fully saturated rings. The number of hydrogen-bond donors (Lipinski definition) is 2. The Morgan fingerprint density at radius 3 is 2.89 bits per heavy atom. The molecule has 1 unspecified atom stereocenters. The molecular weight excluding hydrogens is 506 g/mol. The molecule has 2 aromatic heterocycles. The number of aryl methyl sites for hydroxylation is 1. The molecule has 0 spiro atoms. The van der Waals surface area contributed by atoms with Gasteiger partial charge in [0.05, 0.1) is 11.3 Å². The molecule has 38 heavy (non-hydrogen) atoms. The number of aromatic nitrogens is 2. The number of carbonyl (C=O) groups is 3. The van der Waals surface area contributed by atoms with Crippen LogP contribution in [0.25, 0.3) is 0 Å². The van der Waals surface area contributed by atoms with Crippen LogP contribution in [-0.4, -0.2) is 77.4 Å². The minimum absolute atomic E-state index is 0.102. The van der Waals surface area contributed by atoms with Crippen molar-refractivity contribution < 1.29 is 19.1 Å². The summed E-state index contributed by atoms with van der Waals surface area (Å²) in [5, 5.41) is 15.6. The van der Waals surface area contributed by atoms with Gasteiger partial charge in [-0.3, -0.25) is 19.8 Å². The first-order chi connectivity index (χ1) is 18.4. The van der Waals surface area contributed by atoms with E-state index in [-0.39, 0.29) is 24.2 Å². The van der Waals surface area contributed by atoms with Gasteiger partial charge in [-0.05, 0) is 37.7 Å². The Labute approximate surface area is 225 Å². The first-order valence-electron chi connectivity index (χ1n) is 12.4. The molecule has 2 atom stereocenters. The van der Waals surface area contributed by atoms with Crippen LogP contribution in [-0.2, 0) is 22.5 Å². The van der Waals surface area contributed by atoms with Crippen LogP contribution in [0.3, 0.4) is 0 Å². The molecular formula is C26H31N7O4S. The average molecular weight is 538 g/mol. The fourth-order valence-electron chi connectivity index (χ4n) is 4.74. The van der Waals surface area contributed by atoms with Crippen LogP contribution in [0.15, 0.2) is 18.3 Å². The Balaban J connectivity index is 1.54. The second-order valence-electron chi connectivity index (χ2n) is 9.32. The van der Waals surface area contributed by atoms with Crippen molar-refractivity contribution in [2.45, 2.75) is 44.9 Å². The van der Waals surface area contributed by atoms with Gasteiger partial charge in [0, 0.05) is 62.8 Å². The molecule has 2 aliphatic rings. The molecule has 0 saturated carbocycles. The van der Waals surface area contributed by atoms with E-state index in [9.17, 15) is 19.6 Å². The highest BCUT2D eigenvalue weighted by atomic mass is 32.2. The van der Waals surface area contributed by atoms with Gasteiger partial charge in [0.1, 0.15) is 29.5 Å². The van der Waals surface area contributed by atoms with E-state index < -0.39 is 12.1 Å². The number of hydrogen-bond acceptors (Lipinski definition) is 9. The Morgan fingerprint density at radius 2 is 2.21 bits per heavy atom. The van der Waals surface area contributed by atoms with E-state index in [0.717, 1.165) is 17.7 Å². The molecule has 0 aliphatic carbocycles. The minimum Gasteiger partial charge on any atom is -0.381 e. The number of amides is 3. The van der Waals surface area contributed by atoms with Crippen molar-refractivity contribution >= 4 is 47.3 Å². The quantitative estimate of drug-likeness (QED) is 0.462. The standard InChI is InChI=1S/C26H31N7O4S/c1-16(15-38-3)29-20-10-23(28-12-19(20)11-27)31-26(36)33-7-4-5-17-9-18(21(14-34)30-24(17)33)13-32-8-6-22(37-2)25(32)35/h9-10,12,14,16,22H,4-8,13,15H2,1-3H3,(H2,28,29,31,36)/t16?,22-/m1/s1. The lowest BCUT2D eigenvalue weighted by Crippen LogP contribution is -2.40. The van der Waals surface area contributed by atoms with Crippen molar-refractivity contribution in [2.75, 3.05) is 47.7 Å². The Hall–Kier alpha value is -3.69. The highest BCUT2D eigenvalue weighted by Gasteiger charge is 2.33. The first-order valence-corrected chi connectivity index (χ1v) is 13.8. The summed E-state index contributed by atoms with van der Waals surface area (Å²) in [6, 6.07) is 5.33. The number of fused-ring (bicyclic) bond motifs is 1. The zero-order valence-electron chi connectivity index (χ0n) is 21.7. The number of nitriles is 1. The summed E-state index contributed by atoms with van der Waals surface area (Å²) in [4.78, 5) is 49.7. The van der Waals surface area contributed by atoms with Crippen LogP contribution < -0.4 is 15.5 Å². The third-order valence-electron chi connectivity index (χ3n) is 6.60. The number of nitrogens with zero attached hydrogens (tertiary/aromatic N) is 5. The van der Waals surface area contributed by atoms with Crippen LogP contribution in [0.4, 0.5) is 22.1 Å². The predicted octanol–water partition coefficient (Wildman–Crippen LogP) is 3.06. The zero-order valence-corrected chi connectivity index (χ0v) is 22.5. The van der Waals surface area contributed by atoms with Crippen molar-refractivity contribution in [1.29, 1.82) is 5.26 Å². The lowest BCUT2D eigenvalue weighted by molar-refractivity contribution is -0.136. The number of ether oxygens (including phenoxy) is 1. The molecule has 0 bridgehead atoms. The summed E-state index contributed by atoms with van der Waals surface area (Å²) >= 11 is 1.69. The van der Waals surface area contributed by atoms with E-state index in [1.165, 1.54) is 18.2 Å². The Morgan fingerprint density at radius 1 is 1.39 bits per heavy atom. The van der Waals surface area contributed by atoms with Gasteiger partial charge < -0.3 is 15.0 Å². The highest BCUT2D eigenvalue weighted by Crippen LogP contribution is 2.29. The van der Waals surface area contributed by atoms with Crippen LogP contribution in [0.1, 0.15) is 46.9 Å². The van der Waals surface area contributed by atoms with Crippen LogP contribution in [0.5, 0.6) is 0 Å². The number of anilines is 3. The molecule has 4 rings (SSSR count). The Bertz CT molecular complexity index is 1260. The molecule has 2 aromatic rings. The lowest BCUT2D eigenvalue weighted by atomic mass is 10.0. The third kappa shape index (κ3) is 5.89. The molecule has 2 aliphatic heterocycles. The predicted molar refractivity (Wildman–Crippen MR) is 146 cm³/mol. The first kappa shape index (κ1) is 27.3. The Kier molecular flexibility index (Phi) is 8.81. The number of likely N-dealkylation sites (tertiary alicyclic amines) is 1. The van der Waals surface area contributed by atoms with Gasteiger partial charge >= 0.3 is 6.03 Å². The SMILES string of the molecule is CO[C@@H]1CCN(Cc2cc3c(nc2C=O)N(C(=O)Nc2cc(NC(C)CSC)c(C#N)cn2)CCC3)C1=O. The average Bonchev–Trinajstić information content (AvgIpc) is 3.26. The second kappa shape index (κ2) is 12.2. The normalized spacial score (nSPS) is 17.5. The number of aldehydes is 1. The highest BCUT2D eigenvalue weighted by molar-refractivity contribution is 7.98. The maximum atomic E-state index is 13.3. The van der Waals surface area contributed by atoms with Gasteiger partial charge in [0.2, 0.25) is 0 Å². The van der Waals surface area contributed by atoms with Gasteiger partial charge in [0.25, 0.3) is 5.91 Å². The number of thioether (sulfide) groups is 1. The minimum atomic E-state index is -0.459. The lowest BCUT2D eigenvalue weighted by Gasteiger charge is -2.29. The molecule has 2 N–H and O–H groups in total. The molecule has 1 saturated heterocycles. The molecule has 12 heteroatoms. The number of methoxy groups -OCH3 is 1. The van der Waals surface area contributed by atoms with Crippen LogP contribution in [0.2, 0.25) is 0 Å². The fraction of sp³-hybridized carbons (Fsp3) is 0.462. The maximum Gasteiger partial charge on any atom is 0.328 e. The van der Waals surface area contributed by atoms with E-state index in [1.807, 2.05) is 19.2 Å². The van der Waals surface area contributed by atoms with E-state index in [2.05, 4.69) is 26.7 Å². The molecule has 0 radical (unpaired) electrons. The van der Waals surface area contributed by atoms with Crippen molar-refractivity contribution in [3.05, 3.63) is 40.7 Å². The summed E-state index contributed by atoms with van der Waals surface area (Å²) in [6.45, 7) is 3.25. The summed E-state index contributed by atoms with van der Waals surface area (Å²) < 4.78 is 5.22. The maximum absolute atomic E-state index is 13.3. The van der Waals surface area contributed by atoms with Gasteiger partial charge in [-0.1, -0.05) is 0 Å². The van der Waals surface area contributed by atoms with Gasteiger partial charge in [-0.2, -0.15) is 17.0 Å². The monoisotopic (exact) mass is 537 g/mol. The van der Waals surface area contributed by atoms with E-state index in [0.29, 0.717) is 60.7 Å². The third-order valence-corrected chi connectivity index (χ3v) is 7.44. The fourth-order valence-corrected chi connectivity index (χ4v) is 5.33. The van der Waals surface area contributed by atoms with Crippen molar-refractivity contribution in [2.24, 2.45) is 0 Å². The second-order valence-corrected chi connectivity index (χ2v) is 10.2. The number of pyridine rings is 2. The number of carbonyl (C=O) groups excluding carboxylic acids is 3. The summed E-state index contributed by atoms with van der Waals surface area (Å²) in [5.74, 6) is 1.47. The largest absolute Gasteiger partial charge is 0.381 e. The van der Waals surface area contributed by atoms with E-state index in [1.54, 1.807) is 22.7 Å².